The molecule has 0 bridgehead atoms. The van der Waals surface area contributed by atoms with Crippen LogP contribution in [0.3, 0.4) is 0 Å². The molecule has 0 unspecified atom stereocenters. The fraction of sp³-hybridized carbons (Fsp3) is 0.481. The molecule has 1 fully saturated rings. The molecule has 0 atom stereocenters. The zero-order chi connectivity index (χ0) is 25.6. The van der Waals surface area contributed by atoms with E-state index in [1.807, 2.05) is 26.0 Å². The summed E-state index contributed by atoms with van der Waals surface area (Å²) in [6, 6.07) is 13.3. The number of benzene rings is 2. The number of hydrogen-bond acceptors (Lipinski definition) is 5. The normalized spacial score (nSPS) is 16.5. The summed E-state index contributed by atoms with van der Waals surface area (Å²) in [4.78, 5) is 12.9. The van der Waals surface area contributed by atoms with Crippen LogP contribution in [0.1, 0.15) is 58.9 Å². The largest absolute Gasteiger partial charge is 0.494 e. The van der Waals surface area contributed by atoms with Crippen LogP contribution in [-0.4, -0.2) is 33.2 Å². The topological polar surface area (TPSA) is 88.1 Å². The summed E-state index contributed by atoms with van der Waals surface area (Å²) in [5, 5.41) is 4.33. The van der Waals surface area contributed by atoms with Crippen molar-refractivity contribution in [3.8, 4) is 5.75 Å². The Morgan fingerprint density at radius 2 is 1.66 bits per heavy atom. The molecule has 0 spiro atoms. The molecule has 0 saturated heterocycles. The van der Waals surface area contributed by atoms with Crippen molar-refractivity contribution in [2.75, 3.05) is 17.5 Å². The van der Waals surface area contributed by atoms with Gasteiger partial charge in [-0.3, -0.25) is 9.10 Å². The van der Waals surface area contributed by atoms with Crippen molar-refractivity contribution in [2.24, 2.45) is 16.4 Å². The van der Waals surface area contributed by atoms with Crippen molar-refractivity contribution in [3.63, 3.8) is 0 Å². The minimum absolute atomic E-state index is 0.0844. The number of ether oxygens (including phenoxy) is 1. The molecule has 0 heterocycles. The van der Waals surface area contributed by atoms with Gasteiger partial charge in [0.15, 0.2) is 0 Å². The van der Waals surface area contributed by atoms with Crippen LogP contribution in [-0.2, 0) is 14.8 Å². The third-order valence-corrected chi connectivity index (χ3v) is 8.25. The molecule has 0 radical (unpaired) electrons. The highest BCUT2D eigenvalue weighted by Gasteiger charge is 2.29. The maximum atomic E-state index is 13.5. The van der Waals surface area contributed by atoms with E-state index >= 15 is 0 Å². The smallest absolute Gasteiger partial charge is 0.264 e. The van der Waals surface area contributed by atoms with Gasteiger partial charge in [-0.1, -0.05) is 38.5 Å². The van der Waals surface area contributed by atoms with Crippen LogP contribution in [0.15, 0.2) is 58.5 Å². The Morgan fingerprint density at radius 3 is 2.20 bits per heavy atom. The quantitative estimate of drug-likeness (QED) is 0.500. The van der Waals surface area contributed by atoms with E-state index in [4.69, 9.17) is 4.74 Å². The third-order valence-electron chi connectivity index (χ3n) is 6.46. The number of rotatable bonds is 8. The molecular weight excluding hydrogens is 462 g/mol. The Labute approximate surface area is 209 Å². The predicted molar refractivity (Wildman–Crippen MR) is 140 cm³/mol. The number of hydrazone groups is 1. The second-order valence-corrected chi connectivity index (χ2v) is 12.0. The van der Waals surface area contributed by atoms with Gasteiger partial charge in [-0.15, -0.1) is 0 Å². The highest BCUT2D eigenvalue weighted by Crippen LogP contribution is 2.36. The molecule has 1 N–H and O–H groups in total. The molecule has 2 aromatic rings. The van der Waals surface area contributed by atoms with Gasteiger partial charge in [-0.25, -0.2) is 13.8 Å². The van der Waals surface area contributed by atoms with Crippen LogP contribution in [0.2, 0.25) is 0 Å². The zero-order valence-corrected chi connectivity index (χ0v) is 22.2. The first-order valence-electron chi connectivity index (χ1n) is 12.2. The molecular formula is C27H37N3O4S. The first-order valence-corrected chi connectivity index (χ1v) is 13.6. The Hall–Kier alpha value is -2.87. The monoisotopic (exact) mass is 499 g/mol. The fourth-order valence-electron chi connectivity index (χ4n) is 4.26. The molecule has 3 rings (SSSR count). The van der Waals surface area contributed by atoms with Gasteiger partial charge in [0.1, 0.15) is 12.3 Å². The molecule has 1 amide bonds. The second kappa shape index (κ2) is 11.2. The van der Waals surface area contributed by atoms with E-state index in [0.29, 0.717) is 24.0 Å². The first kappa shape index (κ1) is 26.7. The van der Waals surface area contributed by atoms with Gasteiger partial charge in [0.05, 0.1) is 17.2 Å². The summed E-state index contributed by atoms with van der Waals surface area (Å²) in [5.74, 6) is 0.738. The summed E-state index contributed by atoms with van der Waals surface area (Å²) in [7, 11) is -3.99. The number of carbonyl (C=O) groups is 1. The van der Waals surface area contributed by atoms with Crippen molar-refractivity contribution in [1.29, 1.82) is 0 Å². The van der Waals surface area contributed by atoms with Crippen molar-refractivity contribution in [3.05, 3.63) is 54.1 Å². The summed E-state index contributed by atoms with van der Waals surface area (Å²) >= 11 is 0. The number of nitrogens with zero attached hydrogens (tertiary/aromatic N) is 2. The van der Waals surface area contributed by atoms with E-state index in [-0.39, 0.29) is 16.9 Å². The van der Waals surface area contributed by atoms with Gasteiger partial charge in [0, 0.05) is 5.71 Å². The SMILES string of the molecule is CCOc1ccc(S(=O)(=O)N(CC(=O)NN=C2CCC(C(C)(C)C)CC2)c2ccc(C)cc2)cc1. The molecule has 2 aromatic carbocycles. The molecule has 8 heteroatoms. The lowest BCUT2D eigenvalue weighted by molar-refractivity contribution is -0.119. The molecule has 1 saturated carbocycles. The zero-order valence-electron chi connectivity index (χ0n) is 21.4. The summed E-state index contributed by atoms with van der Waals surface area (Å²) in [5.41, 5.74) is 5.22. The van der Waals surface area contributed by atoms with Crippen LogP contribution in [0.5, 0.6) is 5.75 Å². The molecule has 0 aromatic heterocycles. The highest BCUT2D eigenvalue weighted by molar-refractivity contribution is 7.92. The van der Waals surface area contributed by atoms with Gasteiger partial charge in [0.25, 0.3) is 15.9 Å². The highest BCUT2D eigenvalue weighted by atomic mass is 32.2. The van der Waals surface area contributed by atoms with E-state index in [1.54, 1.807) is 24.3 Å². The van der Waals surface area contributed by atoms with Crippen molar-refractivity contribution < 1.29 is 17.9 Å². The maximum absolute atomic E-state index is 13.5. The number of hydrogen-bond donors (Lipinski definition) is 1. The lowest BCUT2D eigenvalue weighted by Crippen LogP contribution is -2.40. The van der Waals surface area contributed by atoms with E-state index in [1.165, 1.54) is 12.1 Å². The Bertz CT molecular complexity index is 1120. The first-order chi connectivity index (χ1) is 16.5. The summed E-state index contributed by atoms with van der Waals surface area (Å²) < 4.78 is 33.6. The number of nitrogens with one attached hydrogen (secondary N) is 1. The maximum Gasteiger partial charge on any atom is 0.264 e. The Balaban J connectivity index is 1.76. The summed E-state index contributed by atoms with van der Waals surface area (Å²) in [6.07, 6.45) is 3.77. The van der Waals surface area contributed by atoms with Crippen molar-refractivity contribution >= 4 is 27.3 Å². The number of carbonyl (C=O) groups excluding carboxylic acids is 1. The number of sulfonamides is 1. The molecule has 35 heavy (non-hydrogen) atoms. The van der Waals surface area contributed by atoms with E-state index in [9.17, 15) is 13.2 Å². The Morgan fingerprint density at radius 1 is 1.06 bits per heavy atom. The number of amides is 1. The minimum Gasteiger partial charge on any atom is -0.494 e. The molecule has 1 aliphatic rings. The van der Waals surface area contributed by atoms with Crippen LogP contribution in [0, 0.1) is 18.3 Å². The molecule has 7 nitrogen and oxygen atoms in total. The lowest BCUT2D eigenvalue weighted by atomic mass is 9.72. The lowest BCUT2D eigenvalue weighted by Gasteiger charge is -2.34. The van der Waals surface area contributed by atoms with Crippen LogP contribution in [0.4, 0.5) is 5.69 Å². The van der Waals surface area contributed by atoms with Crippen LogP contribution >= 0.6 is 0 Å². The van der Waals surface area contributed by atoms with Gasteiger partial charge < -0.3 is 4.74 Å². The molecule has 190 valence electrons. The van der Waals surface area contributed by atoms with Crippen molar-refractivity contribution in [1.82, 2.24) is 5.43 Å². The minimum atomic E-state index is -3.99. The fourth-order valence-corrected chi connectivity index (χ4v) is 5.68. The van der Waals surface area contributed by atoms with Gasteiger partial charge in [-0.2, -0.15) is 5.10 Å². The van der Waals surface area contributed by atoms with E-state index < -0.39 is 15.9 Å². The Kier molecular flexibility index (Phi) is 8.59. The summed E-state index contributed by atoms with van der Waals surface area (Å²) in [6.45, 7) is 10.7. The van der Waals surface area contributed by atoms with E-state index in [0.717, 1.165) is 41.3 Å². The third kappa shape index (κ3) is 7.07. The van der Waals surface area contributed by atoms with E-state index in [2.05, 4.69) is 31.3 Å². The van der Waals surface area contributed by atoms with Gasteiger partial charge in [0.2, 0.25) is 0 Å². The predicted octanol–water partition coefficient (Wildman–Crippen LogP) is 5.30. The average molecular weight is 500 g/mol. The number of aryl methyl sites for hydroxylation is 1. The standard InChI is InChI=1S/C27H37N3O4S/c1-6-34-24-15-17-25(18-16-24)35(32,33)30(23-13-7-20(2)8-14-23)19-26(31)29-28-22-11-9-21(10-12-22)27(3,4)5/h7-8,13-18,21H,6,9-12,19H2,1-5H3,(H,29,31). The van der Waals surface area contributed by atoms with Gasteiger partial charge in [-0.05, 0) is 87.3 Å². The number of anilines is 1. The molecule has 0 aliphatic heterocycles. The van der Waals surface area contributed by atoms with Crippen molar-refractivity contribution in [2.45, 2.75) is 65.2 Å². The van der Waals surface area contributed by atoms with Gasteiger partial charge >= 0.3 is 0 Å². The van der Waals surface area contributed by atoms with Crippen LogP contribution < -0.4 is 14.5 Å². The average Bonchev–Trinajstić information content (AvgIpc) is 2.82. The molecule has 1 aliphatic carbocycles. The van der Waals surface area contributed by atoms with Crippen LogP contribution in [0.25, 0.3) is 0 Å². The second-order valence-electron chi connectivity index (χ2n) is 10.1.